The van der Waals surface area contributed by atoms with Crippen LogP contribution in [-0.2, 0) is 22.6 Å². The van der Waals surface area contributed by atoms with Crippen molar-refractivity contribution in [3.8, 4) is 11.5 Å². The number of amides is 1. The van der Waals surface area contributed by atoms with E-state index < -0.39 is 5.69 Å². The van der Waals surface area contributed by atoms with Gasteiger partial charge in [0.15, 0.2) is 0 Å². The van der Waals surface area contributed by atoms with Crippen molar-refractivity contribution in [2.45, 2.75) is 32.0 Å². The first-order chi connectivity index (χ1) is 17.1. The molecule has 35 heavy (non-hydrogen) atoms. The summed E-state index contributed by atoms with van der Waals surface area (Å²) in [5.41, 5.74) is 0.103. The topological polar surface area (TPSA) is 91.6 Å². The van der Waals surface area contributed by atoms with E-state index >= 15 is 0 Å². The molecule has 1 unspecified atom stereocenters. The molecule has 0 radical (unpaired) electrons. The van der Waals surface area contributed by atoms with Crippen LogP contribution in [0.15, 0.2) is 88.5 Å². The molecule has 1 amide bonds. The van der Waals surface area contributed by atoms with E-state index in [2.05, 4.69) is 5.32 Å². The van der Waals surface area contributed by atoms with Gasteiger partial charge in [-0.15, -0.1) is 0 Å². The number of anilines is 1. The summed E-state index contributed by atoms with van der Waals surface area (Å²) in [5.74, 6) is 0.975. The molecule has 0 bridgehead atoms. The van der Waals surface area contributed by atoms with Crippen molar-refractivity contribution < 1.29 is 14.3 Å². The summed E-state index contributed by atoms with van der Waals surface area (Å²) in [5, 5.41) is 3.20. The van der Waals surface area contributed by atoms with Crippen molar-refractivity contribution in [2.24, 2.45) is 0 Å². The summed E-state index contributed by atoms with van der Waals surface area (Å²) in [6.45, 7) is 0.569. The maximum absolute atomic E-state index is 13.3. The number of nitrogens with zero attached hydrogens (tertiary/aromatic N) is 2. The van der Waals surface area contributed by atoms with Crippen LogP contribution in [0.2, 0.25) is 0 Å². The van der Waals surface area contributed by atoms with Gasteiger partial charge < -0.3 is 14.8 Å². The number of nitrogens with one attached hydrogen (secondary N) is 1. The summed E-state index contributed by atoms with van der Waals surface area (Å²) >= 11 is 0. The minimum Gasteiger partial charge on any atom is -0.457 e. The van der Waals surface area contributed by atoms with Crippen molar-refractivity contribution >= 4 is 22.5 Å². The molecule has 1 aliphatic heterocycles. The zero-order chi connectivity index (χ0) is 24.2. The molecule has 2 heterocycles. The Bertz CT molecular complexity index is 1450. The zero-order valence-electron chi connectivity index (χ0n) is 19.1. The molecular formula is C27H25N3O5. The van der Waals surface area contributed by atoms with E-state index in [1.165, 1.54) is 9.13 Å². The third-order valence-corrected chi connectivity index (χ3v) is 5.96. The molecule has 1 saturated heterocycles. The zero-order valence-corrected chi connectivity index (χ0v) is 19.1. The van der Waals surface area contributed by atoms with Crippen LogP contribution in [0, 0.1) is 0 Å². The molecule has 0 saturated carbocycles. The van der Waals surface area contributed by atoms with Gasteiger partial charge in [-0.3, -0.25) is 18.7 Å². The van der Waals surface area contributed by atoms with Gasteiger partial charge in [0.1, 0.15) is 18.0 Å². The molecular weight excluding hydrogens is 446 g/mol. The second-order valence-corrected chi connectivity index (χ2v) is 8.42. The highest BCUT2D eigenvalue weighted by Crippen LogP contribution is 2.22. The SMILES string of the molecule is O=C(Cn1c(=O)n(CC2CCCO2)c(=O)c2ccccc21)Nc1ccc(Oc2ccccc2)cc1. The van der Waals surface area contributed by atoms with Crippen LogP contribution >= 0.6 is 0 Å². The highest BCUT2D eigenvalue weighted by molar-refractivity contribution is 5.91. The molecule has 1 fully saturated rings. The van der Waals surface area contributed by atoms with Gasteiger partial charge in [-0.25, -0.2) is 4.79 Å². The highest BCUT2D eigenvalue weighted by Gasteiger charge is 2.21. The lowest BCUT2D eigenvalue weighted by Crippen LogP contribution is -2.43. The molecule has 4 aromatic rings. The number of rotatable bonds is 7. The van der Waals surface area contributed by atoms with Crippen LogP contribution in [0.4, 0.5) is 5.69 Å². The molecule has 8 nitrogen and oxygen atoms in total. The Labute approximate surface area is 201 Å². The number of hydrogen-bond acceptors (Lipinski definition) is 5. The first-order valence-corrected chi connectivity index (χ1v) is 11.6. The molecule has 0 spiro atoms. The van der Waals surface area contributed by atoms with Gasteiger partial charge in [-0.2, -0.15) is 0 Å². The Morgan fingerprint density at radius 2 is 1.63 bits per heavy atom. The summed E-state index contributed by atoms with van der Waals surface area (Å²) in [6, 6.07) is 23.2. The van der Waals surface area contributed by atoms with Crippen molar-refractivity contribution in [1.82, 2.24) is 9.13 Å². The number of fused-ring (bicyclic) bond motifs is 1. The van der Waals surface area contributed by atoms with Gasteiger partial charge in [0, 0.05) is 12.3 Å². The molecule has 1 atom stereocenters. The summed E-state index contributed by atoms with van der Waals surface area (Å²) < 4.78 is 13.9. The first-order valence-electron chi connectivity index (χ1n) is 11.6. The van der Waals surface area contributed by atoms with E-state index in [-0.39, 0.29) is 30.7 Å². The van der Waals surface area contributed by atoms with Gasteiger partial charge >= 0.3 is 5.69 Å². The minimum atomic E-state index is -0.522. The quantitative estimate of drug-likeness (QED) is 0.443. The second-order valence-electron chi connectivity index (χ2n) is 8.42. The molecule has 3 aromatic carbocycles. The highest BCUT2D eigenvalue weighted by atomic mass is 16.5. The van der Waals surface area contributed by atoms with Gasteiger partial charge in [-0.05, 0) is 61.4 Å². The fraction of sp³-hybridized carbons (Fsp3) is 0.222. The van der Waals surface area contributed by atoms with E-state index in [4.69, 9.17) is 9.47 Å². The van der Waals surface area contributed by atoms with Crippen molar-refractivity contribution in [2.75, 3.05) is 11.9 Å². The van der Waals surface area contributed by atoms with E-state index in [9.17, 15) is 14.4 Å². The fourth-order valence-electron chi connectivity index (χ4n) is 4.25. The van der Waals surface area contributed by atoms with E-state index in [0.29, 0.717) is 34.7 Å². The first kappa shape index (κ1) is 22.6. The summed E-state index contributed by atoms with van der Waals surface area (Å²) in [7, 11) is 0. The molecule has 5 rings (SSSR count). The van der Waals surface area contributed by atoms with Crippen LogP contribution < -0.4 is 21.3 Å². The maximum Gasteiger partial charge on any atom is 0.332 e. The van der Waals surface area contributed by atoms with E-state index in [0.717, 1.165) is 12.8 Å². The molecule has 0 aliphatic carbocycles. The van der Waals surface area contributed by atoms with Gasteiger partial charge in [0.2, 0.25) is 5.91 Å². The van der Waals surface area contributed by atoms with Crippen molar-refractivity contribution in [3.63, 3.8) is 0 Å². The Morgan fingerprint density at radius 3 is 2.37 bits per heavy atom. The number of para-hydroxylation sites is 2. The normalized spacial score (nSPS) is 15.3. The van der Waals surface area contributed by atoms with Gasteiger partial charge in [-0.1, -0.05) is 30.3 Å². The van der Waals surface area contributed by atoms with E-state index in [1.807, 2.05) is 30.3 Å². The standard InChI is InChI=1S/C27H25N3O5/c31-25(28-19-12-14-21(15-13-19)35-20-7-2-1-3-8-20)18-29-24-11-5-4-10-23(24)26(32)30(27(29)33)17-22-9-6-16-34-22/h1-5,7-8,10-15,22H,6,9,16-18H2,(H,28,31). The molecule has 8 heteroatoms. The van der Waals surface area contributed by atoms with Gasteiger partial charge in [0.05, 0.1) is 23.6 Å². The van der Waals surface area contributed by atoms with Crippen molar-refractivity contribution in [1.29, 1.82) is 0 Å². The Hall–Kier alpha value is -4.17. The van der Waals surface area contributed by atoms with Gasteiger partial charge in [0.25, 0.3) is 5.56 Å². The molecule has 1 N–H and O–H groups in total. The number of hydrogen-bond donors (Lipinski definition) is 1. The maximum atomic E-state index is 13.3. The van der Waals surface area contributed by atoms with Crippen molar-refractivity contribution in [3.05, 3.63) is 99.7 Å². The average Bonchev–Trinajstić information content (AvgIpc) is 3.40. The number of aromatic nitrogens is 2. The predicted octanol–water partition coefficient (Wildman–Crippen LogP) is 3.77. The van der Waals surface area contributed by atoms with Crippen LogP contribution in [0.5, 0.6) is 11.5 Å². The predicted molar refractivity (Wildman–Crippen MR) is 133 cm³/mol. The minimum absolute atomic E-state index is 0.174. The Kier molecular flexibility index (Phi) is 6.45. The number of benzene rings is 3. The lowest BCUT2D eigenvalue weighted by Gasteiger charge is -2.16. The Morgan fingerprint density at radius 1 is 0.914 bits per heavy atom. The van der Waals surface area contributed by atoms with Crippen LogP contribution in [0.3, 0.4) is 0 Å². The number of carbonyl (C=O) groups excluding carboxylic acids is 1. The summed E-state index contributed by atoms with van der Waals surface area (Å²) in [4.78, 5) is 39.2. The molecule has 1 aromatic heterocycles. The van der Waals surface area contributed by atoms with Crippen LogP contribution in [0.25, 0.3) is 10.9 Å². The molecule has 1 aliphatic rings. The lowest BCUT2D eigenvalue weighted by molar-refractivity contribution is -0.116. The van der Waals surface area contributed by atoms with E-state index in [1.54, 1.807) is 48.5 Å². The number of ether oxygens (including phenoxy) is 2. The summed E-state index contributed by atoms with van der Waals surface area (Å²) in [6.07, 6.45) is 1.52. The lowest BCUT2D eigenvalue weighted by atomic mass is 10.2. The third-order valence-electron chi connectivity index (χ3n) is 5.96. The Balaban J connectivity index is 1.36. The number of carbonyl (C=O) groups is 1. The second kappa shape index (κ2) is 9.99. The average molecular weight is 472 g/mol. The third kappa shape index (κ3) is 5.02. The fourth-order valence-corrected chi connectivity index (χ4v) is 4.25. The molecule has 178 valence electrons. The smallest absolute Gasteiger partial charge is 0.332 e. The van der Waals surface area contributed by atoms with Crippen LogP contribution in [-0.4, -0.2) is 27.8 Å². The largest absolute Gasteiger partial charge is 0.457 e. The van der Waals surface area contributed by atoms with Crippen LogP contribution in [0.1, 0.15) is 12.8 Å². The monoisotopic (exact) mass is 471 g/mol.